The Hall–Kier alpha value is -2.07. The number of hydrogen-bond donors (Lipinski definition) is 4. The lowest BCUT2D eigenvalue weighted by atomic mass is 9.83. The normalized spacial score (nSPS) is 32.9. The van der Waals surface area contributed by atoms with Crippen LogP contribution in [-0.4, -0.2) is 64.2 Å². The number of ether oxygens (including phenoxy) is 3. The quantitative estimate of drug-likeness (QED) is 0.549. The Bertz CT molecular complexity index is 905. The van der Waals surface area contributed by atoms with Crippen LogP contribution in [0.3, 0.4) is 0 Å². The van der Waals surface area contributed by atoms with Crippen LogP contribution >= 0.6 is 0 Å². The Balaban J connectivity index is 1.66. The molecule has 4 rings (SSSR count). The van der Waals surface area contributed by atoms with Crippen LogP contribution in [0.15, 0.2) is 42.5 Å². The van der Waals surface area contributed by atoms with Crippen molar-refractivity contribution < 1.29 is 39.0 Å². The summed E-state index contributed by atoms with van der Waals surface area (Å²) in [6, 6.07) is 11.4. The van der Waals surface area contributed by atoms with Gasteiger partial charge in [-0.3, -0.25) is 0 Å². The molecule has 0 amide bonds. The van der Waals surface area contributed by atoms with Gasteiger partial charge in [0.25, 0.3) is 0 Å². The van der Waals surface area contributed by atoms with E-state index in [9.17, 15) is 24.8 Å². The van der Waals surface area contributed by atoms with E-state index in [-0.39, 0.29) is 13.0 Å². The summed E-state index contributed by atoms with van der Waals surface area (Å²) in [6.07, 6.45) is -4.49. The lowest BCUT2D eigenvalue weighted by Crippen LogP contribution is -2.65. The highest BCUT2D eigenvalue weighted by Crippen LogP contribution is 2.49. The number of aliphatic hydroxyl groups excluding tert-OH is 4. The van der Waals surface area contributed by atoms with Gasteiger partial charge >= 0.3 is 0 Å². The van der Waals surface area contributed by atoms with E-state index in [4.69, 9.17) is 14.2 Å². The molecule has 0 spiro atoms. The van der Waals surface area contributed by atoms with Crippen LogP contribution in [0.1, 0.15) is 23.6 Å². The second-order valence-electron chi connectivity index (χ2n) is 7.72. The summed E-state index contributed by atoms with van der Waals surface area (Å²) in [5.41, 5.74) is -0.0850. The van der Waals surface area contributed by atoms with Gasteiger partial charge in [-0.15, -0.1) is 0 Å². The average Bonchev–Trinajstić information content (AvgIpc) is 3.14. The molecule has 0 radical (unpaired) electrons. The van der Waals surface area contributed by atoms with Gasteiger partial charge in [0, 0.05) is 12.0 Å². The fraction of sp³-hybridized carbons (Fsp3) is 0.455. The highest BCUT2D eigenvalue weighted by molar-refractivity contribution is 5.36. The zero-order valence-electron chi connectivity index (χ0n) is 16.5. The Morgan fingerprint density at radius 3 is 2.50 bits per heavy atom. The van der Waals surface area contributed by atoms with E-state index in [1.165, 1.54) is 18.2 Å². The SMILES string of the molecule is CCOc1ccc(Cc2cc([C@]34OC[C@](CO)(O3)[C@@H](O)[C@H](O)[C@H]4O)ccc2F)cc1. The number of rotatable bonds is 6. The van der Waals surface area contributed by atoms with Crippen molar-refractivity contribution in [1.29, 1.82) is 0 Å². The maximum absolute atomic E-state index is 14.5. The highest BCUT2D eigenvalue weighted by Gasteiger charge is 2.67. The van der Waals surface area contributed by atoms with Gasteiger partial charge < -0.3 is 34.6 Å². The average molecular weight is 420 g/mol. The number of benzene rings is 2. The number of hydrogen-bond acceptors (Lipinski definition) is 7. The molecule has 8 heteroatoms. The molecular formula is C22H25FO7. The number of aliphatic hydroxyl groups is 4. The summed E-state index contributed by atoms with van der Waals surface area (Å²) < 4.78 is 31.5. The minimum atomic E-state index is -1.82. The molecule has 5 atom stereocenters. The predicted octanol–water partition coefficient (Wildman–Crippen LogP) is 0.842. The predicted molar refractivity (Wildman–Crippen MR) is 103 cm³/mol. The van der Waals surface area contributed by atoms with Crippen LogP contribution in [0.4, 0.5) is 4.39 Å². The Kier molecular flexibility index (Phi) is 5.56. The first-order valence-corrected chi connectivity index (χ1v) is 9.85. The van der Waals surface area contributed by atoms with Gasteiger partial charge in [-0.1, -0.05) is 18.2 Å². The van der Waals surface area contributed by atoms with Gasteiger partial charge in [-0.25, -0.2) is 4.39 Å². The minimum absolute atomic E-state index is 0.232. The third kappa shape index (κ3) is 3.30. The fourth-order valence-corrected chi connectivity index (χ4v) is 4.09. The molecule has 4 N–H and O–H groups in total. The topological polar surface area (TPSA) is 109 Å². The third-order valence-electron chi connectivity index (χ3n) is 5.81. The van der Waals surface area contributed by atoms with Crippen LogP contribution in [-0.2, 0) is 21.7 Å². The molecule has 0 aliphatic carbocycles. The first-order valence-electron chi connectivity index (χ1n) is 9.85. The maximum atomic E-state index is 14.5. The van der Waals surface area contributed by atoms with E-state index >= 15 is 0 Å². The monoisotopic (exact) mass is 420 g/mol. The van der Waals surface area contributed by atoms with Crippen molar-refractivity contribution in [3.63, 3.8) is 0 Å². The summed E-state index contributed by atoms with van der Waals surface area (Å²) in [7, 11) is 0. The molecule has 162 valence electrons. The van der Waals surface area contributed by atoms with Crippen LogP contribution in [0.5, 0.6) is 5.75 Å². The molecule has 0 unspecified atom stereocenters. The first-order chi connectivity index (χ1) is 14.3. The van der Waals surface area contributed by atoms with Crippen molar-refractivity contribution in [3.05, 3.63) is 65.0 Å². The molecule has 0 aromatic heterocycles. The number of halogens is 1. The minimum Gasteiger partial charge on any atom is -0.494 e. The van der Waals surface area contributed by atoms with Crippen molar-refractivity contribution >= 4 is 0 Å². The Morgan fingerprint density at radius 2 is 1.83 bits per heavy atom. The molecule has 2 aliphatic rings. The summed E-state index contributed by atoms with van der Waals surface area (Å²) in [6.45, 7) is 1.60. The summed E-state index contributed by atoms with van der Waals surface area (Å²) in [4.78, 5) is 0. The summed E-state index contributed by atoms with van der Waals surface area (Å²) >= 11 is 0. The zero-order chi connectivity index (χ0) is 21.5. The molecular weight excluding hydrogens is 395 g/mol. The fourth-order valence-electron chi connectivity index (χ4n) is 4.09. The maximum Gasteiger partial charge on any atom is 0.225 e. The van der Waals surface area contributed by atoms with E-state index in [0.717, 1.165) is 11.3 Å². The van der Waals surface area contributed by atoms with Gasteiger partial charge in [0.1, 0.15) is 35.5 Å². The first kappa shape index (κ1) is 21.2. The molecule has 2 aromatic carbocycles. The second-order valence-corrected chi connectivity index (χ2v) is 7.72. The molecule has 2 saturated heterocycles. The highest BCUT2D eigenvalue weighted by atomic mass is 19.1. The molecule has 0 saturated carbocycles. The van der Waals surface area contributed by atoms with Gasteiger partial charge in [0.05, 0.1) is 19.8 Å². The Labute approximate surface area is 173 Å². The summed E-state index contributed by atoms with van der Waals surface area (Å²) in [5.74, 6) is -1.54. The molecule has 2 fully saturated rings. The second kappa shape index (κ2) is 7.88. The van der Waals surface area contributed by atoms with Crippen molar-refractivity contribution in [2.24, 2.45) is 0 Å². The van der Waals surface area contributed by atoms with Crippen molar-refractivity contribution in [2.45, 2.75) is 43.0 Å². The third-order valence-corrected chi connectivity index (χ3v) is 5.81. The van der Waals surface area contributed by atoms with Crippen molar-refractivity contribution in [2.75, 3.05) is 19.8 Å². The lowest BCUT2D eigenvalue weighted by molar-refractivity contribution is -0.329. The van der Waals surface area contributed by atoms with Gasteiger partial charge in [0.15, 0.2) is 0 Å². The van der Waals surface area contributed by atoms with Gasteiger partial charge in [-0.05, 0) is 42.3 Å². The van der Waals surface area contributed by atoms with Crippen LogP contribution in [0.25, 0.3) is 0 Å². The standard InChI is InChI=1S/C22H25FO7/c1-2-28-16-6-3-13(4-7-16)9-14-10-15(5-8-17(14)23)22-20(27)18(25)19(26)21(11-24,30-22)12-29-22/h3-8,10,18-20,24-27H,2,9,11-12H2,1H3/t18-,19-,20+,21-,22-/m0/s1. The molecule has 2 bridgehead atoms. The molecule has 2 aromatic rings. The van der Waals surface area contributed by atoms with Crippen molar-refractivity contribution in [1.82, 2.24) is 0 Å². The van der Waals surface area contributed by atoms with Crippen LogP contribution in [0, 0.1) is 5.82 Å². The van der Waals surface area contributed by atoms with E-state index in [0.29, 0.717) is 17.7 Å². The Morgan fingerprint density at radius 1 is 1.10 bits per heavy atom. The molecule has 2 aliphatic heterocycles. The van der Waals surface area contributed by atoms with E-state index < -0.39 is 42.1 Å². The van der Waals surface area contributed by atoms with E-state index in [1.54, 1.807) is 12.1 Å². The smallest absolute Gasteiger partial charge is 0.225 e. The molecule has 7 nitrogen and oxygen atoms in total. The van der Waals surface area contributed by atoms with Crippen LogP contribution in [0.2, 0.25) is 0 Å². The summed E-state index contributed by atoms with van der Waals surface area (Å²) in [5, 5.41) is 40.9. The molecule has 2 heterocycles. The van der Waals surface area contributed by atoms with Crippen molar-refractivity contribution in [3.8, 4) is 5.75 Å². The lowest BCUT2D eigenvalue weighted by Gasteiger charge is -2.45. The number of fused-ring (bicyclic) bond motifs is 2. The zero-order valence-corrected chi connectivity index (χ0v) is 16.5. The van der Waals surface area contributed by atoms with Crippen LogP contribution < -0.4 is 4.74 Å². The largest absolute Gasteiger partial charge is 0.494 e. The molecule has 30 heavy (non-hydrogen) atoms. The van der Waals surface area contributed by atoms with E-state index in [1.807, 2.05) is 19.1 Å². The van der Waals surface area contributed by atoms with Gasteiger partial charge in [-0.2, -0.15) is 0 Å². The van der Waals surface area contributed by atoms with Gasteiger partial charge in [0.2, 0.25) is 5.79 Å². The van der Waals surface area contributed by atoms with E-state index in [2.05, 4.69) is 0 Å².